The molecule has 0 bridgehead atoms. The molecular formula is C13H17F4NO. The van der Waals surface area contributed by atoms with E-state index in [4.69, 9.17) is 4.74 Å². The van der Waals surface area contributed by atoms with Crippen molar-refractivity contribution < 1.29 is 22.3 Å². The monoisotopic (exact) mass is 279 g/mol. The molecule has 1 rings (SSSR count). The molecule has 0 heterocycles. The lowest BCUT2D eigenvalue weighted by atomic mass is 10.0. The standard InChI is InChI=1S/C13H17F4NO/c1-18-11(4-3-7-13(15,16)17)9-5-6-12(19-2)10(14)8-9/h5-6,8,11,18H,3-4,7H2,1-2H3. The van der Waals surface area contributed by atoms with Crippen LogP contribution in [0.15, 0.2) is 18.2 Å². The summed E-state index contributed by atoms with van der Waals surface area (Å²) in [6.07, 6.45) is -4.68. The summed E-state index contributed by atoms with van der Waals surface area (Å²) in [7, 11) is 3.00. The average Bonchev–Trinajstić information content (AvgIpc) is 2.33. The van der Waals surface area contributed by atoms with E-state index in [-0.39, 0.29) is 18.2 Å². The van der Waals surface area contributed by atoms with Gasteiger partial charge in [0.05, 0.1) is 7.11 Å². The largest absolute Gasteiger partial charge is 0.494 e. The molecular weight excluding hydrogens is 262 g/mol. The predicted octanol–water partition coefficient (Wildman–Crippen LogP) is 3.83. The summed E-state index contributed by atoms with van der Waals surface area (Å²) in [6.45, 7) is 0. The third kappa shape index (κ3) is 5.06. The Kier molecular flexibility index (Phi) is 5.60. The molecule has 0 amide bonds. The van der Waals surface area contributed by atoms with E-state index < -0.39 is 18.4 Å². The zero-order valence-corrected chi connectivity index (χ0v) is 10.9. The van der Waals surface area contributed by atoms with Crippen LogP contribution in [0.5, 0.6) is 5.75 Å². The van der Waals surface area contributed by atoms with E-state index in [1.54, 1.807) is 13.1 Å². The van der Waals surface area contributed by atoms with Crippen molar-refractivity contribution in [1.29, 1.82) is 0 Å². The molecule has 2 nitrogen and oxygen atoms in total. The number of rotatable bonds is 6. The van der Waals surface area contributed by atoms with Crippen molar-refractivity contribution in [2.24, 2.45) is 0 Å². The summed E-state index contributed by atoms with van der Waals surface area (Å²) in [5.74, 6) is -0.398. The number of benzene rings is 1. The van der Waals surface area contributed by atoms with Crippen LogP contribution < -0.4 is 10.1 Å². The summed E-state index contributed by atoms with van der Waals surface area (Å²) in [5, 5.41) is 2.89. The van der Waals surface area contributed by atoms with Gasteiger partial charge in [0.1, 0.15) is 0 Å². The van der Waals surface area contributed by atoms with Crippen LogP contribution in [0.2, 0.25) is 0 Å². The lowest BCUT2D eigenvalue weighted by molar-refractivity contribution is -0.135. The van der Waals surface area contributed by atoms with Crippen molar-refractivity contribution in [1.82, 2.24) is 5.32 Å². The summed E-state index contributed by atoms with van der Waals surface area (Å²) in [6, 6.07) is 4.10. The maximum Gasteiger partial charge on any atom is 0.389 e. The number of halogens is 4. The third-order valence-electron chi connectivity index (χ3n) is 2.88. The van der Waals surface area contributed by atoms with E-state index in [1.807, 2.05) is 0 Å². The summed E-state index contributed by atoms with van der Waals surface area (Å²) in [5.41, 5.74) is 0.614. The summed E-state index contributed by atoms with van der Waals surface area (Å²) < 4.78 is 54.6. The molecule has 0 aliphatic rings. The first-order chi connectivity index (χ1) is 8.87. The van der Waals surface area contributed by atoms with Gasteiger partial charge in [-0.2, -0.15) is 13.2 Å². The van der Waals surface area contributed by atoms with Crippen LogP contribution in [-0.4, -0.2) is 20.3 Å². The van der Waals surface area contributed by atoms with Crippen LogP contribution in [-0.2, 0) is 0 Å². The SMILES string of the molecule is CNC(CCCC(F)(F)F)c1ccc(OC)c(F)c1. The Labute approximate surface area is 109 Å². The van der Waals surface area contributed by atoms with Gasteiger partial charge < -0.3 is 10.1 Å². The van der Waals surface area contributed by atoms with Gasteiger partial charge in [-0.3, -0.25) is 0 Å². The van der Waals surface area contributed by atoms with E-state index in [2.05, 4.69) is 5.32 Å². The second-order valence-electron chi connectivity index (χ2n) is 4.24. The molecule has 0 aliphatic carbocycles. The second kappa shape index (κ2) is 6.75. The molecule has 0 aromatic heterocycles. The lowest BCUT2D eigenvalue weighted by Crippen LogP contribution is -2.17. The smallest absolute Gasteiger partial charge is 0.389 e. The average molecular weight is 279 g/mol. The lowest BCUT2D eigenvalue weighted by Gasteiger charge is -2.17. The van der Waals surface area contributed by atoms with Crippen LogP contribution in [0.4, 0.5) is 17.6 Å². The molecule has 19 heavy (non-hydrogen) atoms. The minimum absolute atomic E-state index is 0.00263. The van der Waals surface area contributed by atoms with E-state index in [1.165, 1.54) is 19.2 Å². The zero-order chi connectivity index (χ0) is 14.5. The number of ether oxygens (including phenoxy) is 1. The quantitative estimate of drug-likeness (QED) is 0.799. The molecule has 0 radical (unpaired) electrons. The van der Waals surface area contributed by atoms with Crippen molar-refractivity contribution in [3.63, 3.8) is 0 Å². The molecule has 1 atom stereocenters. The molecule has 1 aromatic carbocycles. The molecule has 0 fully saturated rings. The summed E-state index contributed by atoms with van der Waals surface area (Å²) in [4.78, 5) is 0. The maximum absolute atomic E-state index is 13.5. The third-order valence-corrected chi connectivity index (χ3v) is 2.88. The highest BCUT2D eigenvalue weighted by molar-refractivity contribution is 5.31. The maximum atomic E-state index is 13.5. The number of nitrogens with one attached hydrogen (secondary N) is 1. The number of hydrogen-bond acceptors (Lipinski definition) is 2. The molecule has 1 N–H and O–H groups in total. The van der Waals surface area contributed by atoms with Crippen molar-refractivity contribution in [3.05, 3.63) is 29.6 Å². The molecule has 0 saturated heterocycles. The van der Waals surface area contributed by atoms with Gasteiger partial charge >= 0.3 is 6.18 Å². The van der Waals surface area contributed by atoms with Crippen molar-refractivity contribution in [2.45, 2.75) is 31.5 Å². The molecule has 0 spiro atoms. The Balaban J connectivity index is 2.67. The fourth-order valence-electron chi connectivity index (χ4n) is 1.88. The normalized spacial score (nSPS) is 13.4. The van der Waals surface area contributed by atoms with Gasteiger partial charge in [-0.1, -0.05) is 6.07 Å². The van der Waals surface area contributed by atoms with Gasteiger partial charge in [0.2, 0.25) is 0 Å². The highest BCUT2D eigenvalue weighted by Gasteiger charge is 2.26. The first kappa shape index (κ1) is 15.8. The fourth-order valence-corrected chi connectivity index (χ4v) is 1.88. The molecule has 0 aliphatic heterocycles. The van der Waals surface area contributed by atoms with E-state index in [9.17, 15) is 17.6 Å². The van der Waals surface area contributed by atoms with Gasteiger partial charge in [-0.05, 0) is 37.6 Å². The fraction of sp³-hybridized carbons (Fsp3) is 0.538. The number of hydrogen-bond donors (Lipinski definition) is 1. The Morgan fingerprint density at radius 1 is 1.32 bits per heavy atom. The molecule has 1 unspecified atom stereocenters. The van der Waals surface area contributed by atoms with E-state index >= 15 is 0 Å². The van der Waals surface area contributed by atoms with Crippen molar-refractivity contribution in [3.8, 4) is 5.75 Å². The predicted molar refractivity (Wildman–Crippen MR) is 64.7 cm³/mol. The van der Waals surface area contributed by atoms with E-state index in [0.29, 0.717) is 12.0 Å². The Bertz CT molecular complexity index is 406. The Morgan fingerprint density at radius 3 is 2.47 bits per heavy atom. The Morgan fingerprint density at radius 2 is 2.00 bits per heavy atom. The first-order valence-electron chi connectivity index (χ1n) is 5.95. The van der Waals surface area contributed by atoms with Crippen LogP contribution in [0.1, 0.15) is 30.9 Å². The molecule has 6 heteroatoms. The van der Waals surface area contributed by atoms with Gasteiger partial charge in [0, 0.05) is 12.5 Å². The highest BCUT2D eigenvalue weighted by Crippen LogP contribution is 2.28. The van der Waals surface area contributed by atoms with Crippen LogP contribution in [0.3, 0.4) is 0 Å². The molecule has 1 aromatic rings. The topological polar surface area (TPSA) is 21.3 Å². The Hall–Kier alpha value is -1.30. The van der Waals surface area contributed by atoms with Crippen LogP contribution in [0.25, 0.3) is 0 Å². The minimum Gasteiger partial charge on any atom is -0.494 e. The van der Waals surface area contributed by atoms with Crippen LogP contribution in [0, 0.1) is 5.82 Å². The van der Waals surface area contributed by atoms with Crippen molar-refractivity contribution in [2.75, 3.05) is 14.2 Å². The van der Waals surface area contributed by atoms with Gasteiger partial charge in [0.25, 0.3) is 0 Å². The first-order valence-corrected chi connectivity index (χ1v) is 5.95. The highest BCUT2D eigenvalue weighted by atomic mass is 19.4. The molecule has 108 valence electrons. The van der Waals surface area contributed by atoms with Gasteiger partial charge in [0.15, 0.2) is 11.6 Å². The number of alkyl halides is 3. The van der Waals surface area contributed by atoms with Crippen LogP contribution >= 0.6 is 0 Å². The number of methoxy groups -OCH3 is 1. The second-order valence-corrected chi connectivity index (χ2v) is 4.24. The minimum atomic E-state index is -4.15. The van der Waals surface area contributed by atoms with Crippen molar-refractivity contribution >= 4 is 0 Å². The molecule has 0 saturated carbocycles. The van der Waals surface area contributed by atoms with Gasteiger partial charge in [-0.15, -0.1) is 0 Å². The zero-order valence-electron chi connectivity index (χ0n) is 10.9. The van der Waals surface area contributed by atoms with Gasteiger partial charge in [-0.25, -0.2) is 4.39 Å². The summed E-state index contributed by atoms with van der Waals surface area (Å²) >= 11 is 0. The van der Waals surface area contributed by atoms with E-state index in [0.717, 1.165) is 0 Å².